The van der Waals surface area contributed by atoms with E-state index in [2.05, 4.69) is 15.5 Å². The molecule has 0 fully saturated rings. The fourth-order valence-electron chi connectivity index (χ4n) is 1.67. The zero-order valence-corrected chi connectivity index (χ0v) is 11.4. The van der Waals surface area contributed by atoms with Crippen LogP contribution in [0.5, 0.6) is 0 Å². The monoisotopic (exact) mass is 278 g/mol. The van der Waals surface area contributed by atoms with E-state index < -0.39 is 0 Å². The molecular weight excluding hydrogens is 264 g/mol. The molecule has 0 radical (unpaired) electrons. The van der Waals surface area contributed by atoms with Crippen LogP contribution < -0.4 is 5.32 Å². The first-order valence-electron chi connectivity index (χ1n) is 5.96. The van der Waals surface area contributed by atoms with Crippen molar-refractivity contribution in [1.82, 2.24) is 20.1 Å². The van der Waals surface area contributed by atoms with Crippen molar-refractivity contribution in [1.29, 1.82) is 0 Å². The fraction of sp³-hybridized carbons (Fsp3) is 0.308. The molecule has 6 heteroatoms. The number of hydrogen-bond donors (Lipinski definition) is 1. The van der Waals surface area contributed by atoms with Crippen molar-refractivity contribution in [2.45, 2.75) is 12.3 Å². The Morgan fingerprint density at radius 3 is 2.68 bits per heavy atom. The van der Waals surface area contributed by atoms with Crippen molar-refractivity contribution in [2.75, 3.05) is 6.54 Å². The summed E-state index contributed by atoms with van der Waals surface area (Å²) < 4.78 is 1.83. The maximum absolute atomic E-state index is 11.9. The van der Waals surface area contributed by atoms with E-state index in [-0.39, 0.29) is 5.91 Å². The molecular formula is C13H15ClN4O. The third kappa shape index (κ3) is 3.54. The van der Waals surface area contributed by atoms with Crippen molar-refractivity contribution >= 4 is 17.5 Å². The molecule has 1 aromatic heterocycles. The Morgan fingerprint density at radius 1 is 1.37 bits per heavy atom. The van der Waals surface area contributed by atoms with Crippen molar-refractivity contribution in [3.63, 3.8) is 0 Å². The van der Waals surface area contributed by atoms with E-state index in [1.807, 2.05) is 23.7 Å². The van der Waals surface area contributed by atoms with Crippen LogP contribution in [-0.4, -0.2) is 27.2 Å². The second-order valence-corrected chi connectivity index (χ2v) is 4.46. The molecule has 2 aromatic rings. The molecule has 0 aliphatic heterocycles. The van der Waals surface area contributed by atoms with Gasteiger partial charge in [-0.2, -0.15) is 0 Å². The lowest BCUT2D eigenvalue weighted by atomic mass is 10.1. The molecule has 1 aromatic carbocycles. The molecule has 5 nitrogen and oxygen atoms in total. The van der Waals surface area contributed by atoms with Gasteiger partial charge in [0.05, 0.1) is 0 Å². The lowest BCUT2D eigenvalue weighted by Crippen LogP contribution is -2.26. The van der Waals surface area contributed by atoms with Crippen LogP contribution in [0, 0.1) is 0 Å². The van der Waals surface area contributed by atoms with E-state index >= 15 is 0 Å². The predicted molar refractivity (Wildman–Crippen MR) is 73.0 cm³/mol. The lowest BCUT2D eigenvalue weighted by Gasteiger charge is -2.05. The minimum absolute atomic E-state index is 0.0942. The van der Waals surface area contributed by atoms with Gasteiger partial charge < -0.3 is 9.88 Å². The highest BCUT2D eigenvalue weighted by molar-refractivity contribution is 6.17. The largest absolute Gasteiger partial charge is 0.352 e. The van der Waals surface area contributed by atoms with Crippen LogP contribution >= 0.6 is 11.6 Å². The van der Waals surface area contributed by atoms with Crippen LogP contribution in [0.15, 0.2) is 30.6 Å². The first-order valence-corrected chi connectivity index (χ1v) is 6.50. The molecule has 0 unspecified atom stereocenters. The highest BCUT2D eigenvalue weighted by Gasteiger charge is 2.06. The Labute approximate surface area is 116 Å². The van der Waals surface area contributed by atoms with E-state index in [1.165, 1.54) is 0 Å². The van der Waals surface area contributed by atoms with Crippen LogP contribution in [0.3, 0.4) is 0 Å². The molecule has 0 saturated heterocycles. The van der Waals surface area contributed by atoms with Crippen LogP contribution in [0.25, 0.3) is 0 Å². The van der Waals surface area contributed by atoms with Gasteiger partial charge in [-0.3, -0.25) is 4.79 Å². The average molecular weight is 279 g/mol. The summed E-state index contributed by atoms with van der Waals surface area (Å²) in [4.78, 5) is 11.9. The molecule has 0 atom stereocenters. The molecule has 0 aliphatic carbocycles. The van der Waals surface area contributed by atoms with Gasteiger partial charge in [0.25, 0.3) is 5.91 Å². The average Bonchev–Trinajstić information content (AvgIpc) is 2.84. The van der Waals surface area contributed by atoms with Gasteiger partial charge in [0.15, 0.2) is 0 Å². The number of alkyl halides is 1. The van der Waals surface area contributed by atoms with Gasteiger partial charge in [-0.15, -0.1) is 21.8 Å². The Kier molecular flexibility index (Phi) is 4.52. The van der Waals surface area contributed by atoms with E-state index in [1.54, 1.807) is 18.5 Å². The minimum atomic E-state index is -0.0942. The standard InChI is InChI=1S/C13H15ClN4O/c1-18-9-16-17-12(18)6-7-15-13(19)11-4-2-10(8-14)3-5-11/h2-5,9H,6-8H2,1H3,(H,15,19). The third-order valence-electron chi connectivity index (χ3n) is 2.81. The topological polar surface area (TPSA) is 59.8 Å². The SMILES string of the molecule is Cn1cnnc1CCNC(=O)c1ccc(CCl)cc1. The number of aromatic nitrogens is 3. The Bertz CT molecular complexity index is 550. The minimum Gasteiger partial charge on any atom is -0.352 e. The highest BCUT2D eigenvalue weighted by Crippen LogP contribution is 2.06. The molecule has 2 rings (SSSR count). The summed E-state index contributed by atoms with van der Waals surface area (Å²) in [7, 11) is 1.88. The van der Waals surface area contributed by atoms with Gasteiger partial charge in [-0.05, 0) is 17.7 Å². The normalized spacial score (nSPS) is 10.4. The van der Waals surface area contributed by atoms with E-state index in [4.69, 9.17) is 11.6 Å². The summed E-state index contributed by atoms with van der Waals surface area (Å²) in [5.41, 5.74) is 1.63. The summed E-state index contributed by atoms with van der Waals surface area (Å²) in [6.07, 6.45) is 2.30. The third-order valence-corrected chi connectivity index (χ3v) is 3.12. The van der Waals surface area contributed by atoms with Crippen molar-refractivity contribution in [2.24, 2.45) is 7.05 Å². The maximum Gasteiger partial charge on any atom is 0.251 e. The zero-order chi connectivity index (χ0) is 13.7. The smallest absolute Gasteiger partial charge is 0.251 e. The van der Waals surface area contributed by atoms with Gasteiger partial charge in [0.2, 0.25) is 0 Å². The van der Waals surface area contributed by atoms with Crippen LogP contribution in [-0.2, 0) is 19.3 Å². The number of carbonyl (C=O) groups excluding carboxylic acids is 1. The number of hydrogen-bond acceptors (Lipinski definition) is 3. The van der Waals surface area contributed by atoms with Gasteiger partial charge in [0.1, 0.15) is 12.2 Å². The molecule has 1 amide bonds. The second-order valence-electron chi connectivity index (χ2n) is 4.19. The first kappa shape index (κ1) is 13.5. The van der Waals surface area contributed by atoms with E-state index in [0.29, 0.717) is 24.4 Å². The molecule has 1 heterocycles. The summed E-state index contributed by atoms with van der Waals surface area (Å²) in [6.45, 7) is 0.530. The summed E-state index contributed by atoms with van der Waals surface area (Å²) in [5.74, 6) is 1.20. The first-order chi connectivity index (χ1) is 9.20. The number of rotatable bonds is 5. The molecule has 19 heavy (non-hydrogen) atoms. The summed E-state index contributed by atoms with van der Waals surface area (Å²) in [5, 5.41) is 10.6. The van der Waals surface area contributed by atoms with Crippen molar-refractivity contribution < 1.29 is 4.79 Å². The molecule has 0 aliphatic rings. The highest BCUT2D eigenvalue weighted by atomic mass is 35.5. The number of halogens is 1. The van der Waals surface area contributed by atoms with Crippen molar-refractivity contribution in [3.8, 4) is 0 Å². The van der Waals surface area contributed by atoms with Gasteiger partial charge in [-0.25, -0.2) is 0 Å². The quantitative estimate of drug-likeness (QED) is 0.844. The number of nitrogens with one attached hydrogen (secondary N) is 1. The molecule has 0 spiro atoms. The van der Waals surface area contributed by atoms with Gasteiger partial charge >= 0.3 is 0 Å². The maximum atomic E-state index is 11.9. The molecule has 100 valence electrons. The van der Waals surface area contributed by atoms with Crippen LogP contribution in [0.2, 0.25) is 0 Å². The van der Waals surface area contributed by atoms with Crippen LogP contribution in [0.4, 0.5) is 0 Å². The predicted octanol–water partition coefficient (Wildman–Crippen LogP) is 1.53. The number of nitrogens with zero attached hydrogens (tertiary/aromatic N) is 3. The summed E-state index contributed by atoms with van der Waals surface area (Å²) >= 11 is 5.70. The lowest BCUT2D eigenvalue weighted by molar-refractivity contribution is 0.0954. The Morgan fingerprint density at radius 2 is 2.11 bits per heavy atom. The van der Waals surface area contributed by atoms with Gasteiger partial charge in [0, 0.05) is 31.5 Å². The van der Waals surface area contributed by atoms with E-state index in [9.17, 15) is 4.79 Å². The van der Waals surface area contributed by atoms with Gasteiger partial charge in [-0.1, -0.05) is 12.1 Å². The fourth-order valence-corrected chi connectivity index (χ4v) is 1.85. The number of amides is 1. The summed E-state index contributed by atoms with van der Waals surface area (Å²) in [6, 6.07) is 7.25. The second kappa shape index (κ2) is 6.33. The number of aryl methyl sites for hydroxylation is 1. The number of carbonyl (C=O) groups is 1. The molecule has 1 N–H and O–H groups in total. The Balaban J connectivity index is 1.85. The van der Waals surface area contributed by atoms with Crippen molar-refractivity contribution in [3.05, 3.63) is 47.5 Å². The van der Waals surface area contributed by atoms with Crippen LogP contribution in [0.1, 0.15) is 21.7 Å². The zero-order valence-electron chi connectivity index (χ0n) is 10.6. The molecule has 0 saturated carbocycles. The molecule has 0 bridgehead atoms. The Hall–Kier alpha value is -1.88. The van der Waals surface area contributed by atoms with E-state index in [0.717, 1.165) is 11.4 Å². The number of benzene rings is 1.